The van der Waals surface area contributed by atoms with E-state index >= 15 is 0 Å². The first-order valence-corrected chi connectivity index (χ1v) is 9.23. The summed E-state index contributed by atoms with van der Waals surface area (Å²) in [4.78, 5) is 27.1. The number of benzene rings is 1. The Morgan fingerprint density at radius 3 is 2.64 bits per heavy atom. The maximum Gasteiger partial charge on any atom is 0.345 e. The lowest BCUT2D eigenvalue weighted by molar-refractivity contribution is 0.0702. The predicted molar refractivity (Wildman–Crippen MR) is 98.4 cm³/mol. The lowest BCUT2D eigenvalue weighted by Gasteiger charge is -2.04. The topological polar surface area (TPSA) is 95.9 Å². The second kappa shape index (κ2) is 7.20. The molecule has 128 valence electrons. The Bertz CT molecular complexity index is 995. The molecule has 0 atom stereocenters. The number of aryl methyl sites for hydroxylation is 2. The number of rotatable bonds is 5. The monoisotopic (exact) mass is 373 g/mol. The van der Waals surface area contributed by atoms with E-state index in [2.05, 4.69) is 15.2 Å². The zero-order valence-electron chi connectivity index (χ0n) is 13.6. The van der Waals surface area contributed by atoms with Gasteiger partial charge < -0.3 is 5.11 Å². The van der Waals surface area contributed by atoms with E-state index in [1.54, 1.807) is 12.1 Å². The molecular weight excluding hydrogens is 358 g/mol. The van der Waals surface area contributed by atoms with Crippen LogP contribution in [0.1, 0.15) is 25.7 Å². The van der Waals surface area contributed by atoms with Gasteiger partial charge in [0.05, 0.1) is 0 Å². The predicted octanol–water partition coefficient (Wildman–Crippen LogP) is 3.50. The third-order valence-corrected chi connectivity index (χ3v) is 5.85. The number of hydrogen-bond donors (Lipinski definition) is 2. The van der Waals surface area contributed by atoms with Crippen LogP contribution in [0.4, 0.5) is 0 Å². The fourth-order valence-corrected chi connectivity index (χ4v) is 3.87. The summed E-state index contributed by atoms with van der Waals surface area (Å²) >= 11 is 2.52. The minimum absolute atomic E-state index is 0.289. The van der Waals surface area contributed by atoms with Crippen molar-refractivity contribution < 1.29 is 9.90 Å². The number of carbonyl (C=O) groups is 1. The number of nitrogens with one attached hydrogen (secondary N) is 1. The van der Waals surface area contributed by atoms with Crippen LogP contribution in [0.15, 0.2) is 40.3 Å². The van der Waals surface area contributed by atoms with Crippen molar-refractivity contribution in [3.05, 3.63) is 61.6 Å². The zero-order chi connectivity index (χ0) is 18.0. The highest BCUT2D eigenvalue weighted by Crippen LogP contribution is 2.24. The molecule has 0 aliphatic carbocycles. The van der Waals surface area contributed by atoms with E-state index in [9.17, 15) is 9.59 Å². The molecule has 2 N–H and O–H groups in total. The molecule has 2 aromatic heterocycles. The first kappa shape index (κ1) is 17.4. The van der Waals surface area contributed by atoms with E-state index in [0.29, 0.717) is 15.8 Å². The second-order valence-corrected chi connectivity index (χ2v) is 7.60. The molecule has 0 amide bonds. The van der Waals surface area contributed by atoms with Gasteiger partial charge in [-0.25, -0.2) is 4.79 Å². The van der Waals surface area contributed by atoms with E-state index in [4.69, 9.17) is 5.11 Å². The third-order valence-electron chi connectivity index (χ3n) is 3.68. The van der Waals surface area contributed by atoms with Crippen molar-refractivity contribution in [3.8, 4) is 11.3 Å². The molecule has 6 nitrogen and oxygen atoms in total. The van der Waals surface area contributed by atoms with Crippen LogP contribution in [0.3, 0.4) is 0 Å². The van der Waals surface area contributed by atoms with Crippen molar-refractivity contribution in [1.29, 1.82) is 0 Å². The summed E-state index contributed by atoms with van der Waals surface area (Å²) in [5, 5.41) is 17.5. The third kappa shape index (κ3) is 3.97. The first-order valence-electron chi connectivity index (χ1n) is 7.43. The highest BCUT2D eigenvalue weighted by atomic mass is 32.2. The van der Waals surface area contributed by atoms with Gasteiger partial charge in [0.15, 0.2) is 10.9 Å². The van der Waals surface area contributed by atoms with E-state index in [1.165, 1.54) is 23.1 Å². The minimum Gasteiger partial charge on any atom is -0.477 e. The smallest absolute Gasteiger partial charge is 0.345 e. The largest absolute Gasteiger partial charge is 0.477 e. The van der Waals surface area contributed by atoms with E-state index in [0.717, 1.165) is 21.6 Å². The molecular formula is C17H15N3O3S2. The number of thioether (sulfide) groups is 1. The number of H-pyrrole nitrogens is 1. The molecule has 0 aliphatic rings. The molecule has 0 spiro atoms. The second-order valence-electron chi connectivity index (χ2n) is 5.47. The van der Waals surface area contributed by atoms with Gasteiger partial charge in [0.1, 0.15) is 4.88 Å². The van der Waals surface area contributed by atoms with E-state index < -0.39 is 5.97 Å². The number of hydrogen-bond acceptors (Lipinski definition) is 6. The number of nitrogens with zero attached hydrogens (tertiary/aromatic N) is 2. The molecule has 0 radical (unpaired) electrons. The molecule has 0 bridgehead atoms. The summed E-state index contributed by atoms with van der Waals surface area (Å²) in [6.45, 7) is 3.99. The van der Waals surface area contributed by atoms with Gasteiger partial charge in [-0.15, -0.1) is 21.5 Å². The van der Waals surface area contributed by atoms with Crippen LogP contribution in [0.25, 0.3) is 11.3 Å². The minimum atomic E-state index is -0.938. The fourth-order valence-electron chi connectivity index (χ4n) is 2.17. The molecule has 0 saturated heterocycles. The Balaban J connectivity index is 1.76. The number of aromatic nitrogens is 3. The Labute approximate surface area is 152 Å². The Morgan fingerprint density at radius 2 is 2.00 bits per heavy atom. The number of aromatic carboxylic acids is 1. The summed E-state index contributed by atoms with van der Waals surface area (Å²) in [7, 11) is 0. The Hall–Kier alpha value is -2.45. The molecule has 0 fully saturated rings. The van der Waals surface area contributed by atoms with Crippen molar-refractivity contribution in [2.75, 3.05) is 0 Å². The standard InChI is InChI=1S/C17H15N3O3S2/c1-9-3-4-11(7-10(9)2)14-15(21)18-17(20-19-14)24-8-12-5-6-13(25-12)16(22)23/h3-7H,8H2,1-2H3,(H,22,23)(H,18,20,21). The molecule has 1 aromatic carbocycles. The fraction of sp³-hybridized carbons (Fsp3) is 0.176. The van der Waals surface area contributed by atoms with Gasteiger partial charge in [-0.1, -0.05) is 23.9 Å². The van der Waals surface area contributed by atoms with Crippen molar-refractivity contribution >= 4 is 29.1 Å². The first-order chi connectivity index (χ1) is 11.9. The highest BCUT2D eigenvalue weighted by molar-refractivity contribution is 7.98. The lowest BCUT2D eigenvalue weighted by atomic mass is 10.0. The highest BCUT2D eigenvalue weighted by Gasteiger charge is 2.11. The normalized spacial score (nSPS) is 10.8. The number of aromatic amines is 1. The van der Waals surface area contributed by atoms with Gasteiger partial charge in [-0.2, -0.15) is 0 Å². The van der Waals surface area contributed by atoms with Crippen LogP contribution in [0.5, 0.6) is 0 Å². The molecule has 8 heteroatoms. The summed E-state index contributed by atoms with van der Waals surface area (Å²) in [5.41, 5.74) is 2.97. The number of thiophene rings is 1. The summed E-state index contributed by atoms with van der Waals surface area (Å²) in [5.74, 6) is -0.418. The van der Waals surface area contributed by atoms with Crippen LogP contribution in [0.2, 0.25) is 0 Å². The van der Waals surface area contributed by atoms with Gasteiger partial charge in [-0.3, -0.25) is 9.78 Å². The van der Waals surface area contributed by atoms with Crippen molar-refractivity contribution in [2.45, 2.75) is 24.8 Å². The molecule has 0 aliphatic heterocycles. The molecule has 3 aromatic rings. The van der Waals surface area contributed by atoms with Gasteiger partial charge in [0.2, 0.25) is 0 Å². The van der Waals surface area contributed by atoms with Crippen LogP contribution in [0, 0.1) is 13.8 Å². The molecule has 2 heterocycles. The average Bonchev–Trinajstić information content (AvgIpc) is 3.05. The van der Waals surface area contributed by atoms with Crippen molar-refractivity contribution in [2.24, 2.45) is 0 Å². The quantitative estimate of drug-likeness (QED) is 0.665. The van der Waals surface area contributed by atoms with Crippen LogP contribution in [-0.2, 0) is 5.75 Å². The zero-order valence-corrected chi connectivity index (χ0v) is 15.2. The van der Waals surface area contributed by atoms with Crippen molar-refractivity contribution in [3.63, 3.8) is 0 Å². The van der Waals surface area contributed by atoms with Gasteiger partial charge in [0.25, 0.3) is 5.56 Å². The summed E-state index contributed by atoms with van der Waals surface area (Å²) in [6.07, 6.45) is 0. The Kier molecular flexibility index (Phi) is 5.00. The molecule has 25 heavy (non-hydrogen) atoms. The molecule has 0 unspecified atom stereocenters. The lowest BCUT2D eigenvalue weighted by Crippen LogP contribution is -2.14. The maximum absolute atomic E-state index is 12.3. The van der Waals surface area contributed by atoms with Crippen LogP contribution < -0.4 is 5.56 Å². The number of carboxylic acids is 1. The van der Waals surface area contributed by atoms with Crippen LogP contribution >= 0.6 is 23.1 Å². The van der Waals surface area contributed by atoms with Gasteiger partial charge >= 0.3 is 5.97 Å². The Morgan fingerprint density at radius 1 is 1.20 bits per heavy atom. The average molecular weight is 373 g/mol. The van der Waals surface area contributed by atoms with Gasteiger partial charge in [0, 0.05) is 16.2 Å². The number of carboxylic acid groups (broad SMARTS) is 1. The van der Waals surface area contributed by atoms with E-state index in [1.807, 2.05) is 32.0 Å². The van der Waals surface area contributed by atoms with E-state index in [-0.39, 0.29) is 11.3 Å². The summed E-state index contributed by atoms with van der Waals surface area (Å²) < 4.78 is 0. The van der Waals surface area contributed by atoms with Gasteiger partial charge in [-0.05, 0) is 43.2 Å². The van der Waals surface area contributed by atoms with Crippen molar-refractivity contribution in [1.82, 2.24) is 15.2 Å². The maximum atomic E-state index is 12.3. The summed E-state index contributed by atoms with van der Waals surface area (Å²) in [6, 6.07) is 9.05. The molecule has 0 saturated carbocycles. The SMILES string of the molecule is Cc1ccc(-c2nnc(SCc3ccc(C(=O)O)s3)[nH]c2=O)cc1C. The molecule has 3 rings (SSSR count). The van der Waals surface area contributed by atoms with Crippen LogP contribution in [-0.4, -0.2) is 26.3 Å².